The molecular formula is C28H32BrCl. The monoisotopic (exact) mass is 482 g/mol. The van der Waals surface area contributed by atoms with E-state index in [1.807, 2.05) is 0 Å². The standard InChI is InChI=1S/C28H32BrCl/c1-14(2)26-19-7-5-9-21(19)28(30)25-13-17(11-23(25)26)16-10-22-15(3)18-6-4-8-20(18)27(29)24(22)12-16/h14,16-17H,4-13H2,1-3H3. The minimum Gasteiger partial charge on any atom is -0.0837 e. The van der Waals surface area contributed by atoms with Crippen LogP contribution in [0.25, 0.3) is 0 Å². The van der Waals surface area contributed by atoms with Crippen LogP contribution >= 0.6 is 27.5 Å². The van der Waals surface area contributed by atoms with E-state index in [9.17, 15) is 0 Å². The Labute approximate surface area is 194 Å². The van der Waals surface area contributed by atoms with Crippen molar-refractivity contribution < 1.29 is 0 Å². The van der Waals surface area contributed by atoms with E-state index in [0.29, 0.717) is 5.92 Å². The van der Waals surface area contributed by atoms with Crippen LogP contribution in [0.1, 0.15) is 88.2 Å². The van der Waals surface area contributed by atoms with Gasteiger partial charge in [-0.15, -0.1) is 0 Å². The second-order valence-electron chi connectivity index (χ2n) is 10.7. The van der Waals surface area contributed by atoms with Crippen molar-refractivity contribution in [2.24, 2.45) is 11.8 Å². The minimum atomic E-state index is 0.613. The topological polar surface area (TPSA) is 0 Å². The molecule has 0 nitrogen and oxygen atoms in total. The molecule has 0 N–H and O–H groups in total. The second-order valence-corrected chi connectivity index (χ2v) is 11.9. The van der Waals surface area contributed by atoms with Crippen LogP contribution in [0.2, 0.25) is 5.02 Å². The van der Waals surface area contributed by atoms with Crippen LogP contribution in [0, 0.1) is 18.8 Å². The molecule has 0 bridgehead atoms. The lowest BCUT2D eigenvalue weighted by atomic mass is 9.85. The number of benzene rings is 2. The Morgan fingerprint density at radius 1 is 0.700 bits per heavy atom. The molecule has 2 aromatic rings. The highest BCUT2D eigenvalue weighted by molar-refractivity contribution is 9.10. The van der Waals surface area contributed by atoms with Crippen LogP contribution in [0.15, 0.2) is 4.47 Å². The van der Waals surface area contributed by atoms with Gasteiger partial charge in [-0.05, 0) is 145 Å². The van der Waals surface area contributed by atoms with Gasteiger partial charge in [0.05, 0.1) is 0 Å². The highest BCUT2D eigenvalue weighted by Crippen LogP contribution is 2.50. The summed E-state index contributed by atoms with van der Waals surface area (Å²) in [5.74, 6) is 2.14. The quantitative estimate of drug-likeness (QED) is 0.411. The highest BCUT2D eigenvalue weighted by Gasteiger charge is 2.39. The average Bonchev–Trinajstić information content (AvgIpc) is 3.50. The Morgan fingerprint density at radius 2 is 1.27 bits per heavy atom. The van der Waals surface area contributed by atoms with Crippen molar-refractivity contribution in [2.45, 2.75) is 90.9 Å². The molecule has 6 rings (SSSR count). The Kier molecular flexibility index (Phi) is 4.71. The zero-order chi connectivity index (χ0) is 20.7. The fraction of sp³-hybridized carbons (Fsp3) is 0.571. The van der Waals surface area contributed by atoms with E-state index in [1.165, 1.54) is 79.8 Å². The molecular weight excluding hydrogens is 452 g/mol. The number of hydrogen-bond donors (Lipinski definition) is 0. The minimum absolute atomic E-state index is 0.613. The lowest BCUT2D eigenvalue weighted by Gasteiger charge is -2.20. The van der Waals surface area contributed by atoms with Crippen LogP contribution in [-0.4, -0.2) is 0 Å². The molecule has 30 heavy (non-hydrogen) atoms. The third-order valence-electron chi connectivity index (χ3n) is 8.89. The molecule has 0 spiro atoms. The number of fused-ring (bicyclic) bond motifs is 4. The molecule has 0 saturated heterocycles. The predicted molar refractivity (Wildman–Crippen MR) is 130 cm³/mol. The fourth-order valence-electron chi connectivity index (χ4n) is 7.56. The predicted octanol–water partition coefficient (Wildman–Crippen LogP) is 7.64. The molecule has 2 atom stereocenters. The van der Waals surface area contributed by atoms with Gasteiger partial charge in [0.2, 0.25) is 0 Å². The van der Waals surface area contributed by atoms with Gasteiger partial charge in [-0.3, -0.25) is 0 Å². The van der Waals surface area contributed by atoms with Gasteiger partial charge in [0.25, 0.3) is 0 Å². The molecule has 2 unspecified atom stereocenters. The van der Waals surface area contributed by atoms with Crippen LogP contribution in [0.4, 0.5) is 0 Å². The van der Waals surface area contributed by atoms with E-state index in [-0.39, 0.29) is 0 Å². The van der Waals surface area contributed by atoms with Crippen molar-refractivity contribution >= 4 is 27.5 Å². The number of rotatable bonds is 2. The third-order valence-corrected chi connectivity index (χ3v) is 10.3. The van der Waals surface area contributed by atoms with Gasteiger partial charge in [0, 0.05) is 9.50 Å². The van der Waals surface area contributed by atoms with Gasteiger partial charge in [0.1, 0.15) is 0 Å². The summed E-state index contributed by atoms with van der Waals surface area (Å²) >= 11 is 11.1. The first kappa shape index (κ1) is 19.9. The zero-order valence-corrected chi connectivity index (χ0v) is 20.9. The van der Waals surface area contributed by atoms with Crippen LogP contribution in [0.5, 0.6) is 0 Å². The van der Waals surface area contributed by atoms with Gasteiger partial charge in [0.15, 0.2) is 0 Å². The maximum Gasteiger partial charge on any atom is 0.0475 e. The molecule has 0 fully saturated rings. The van der Waals surface area contributed by atoms with Gasteiger partial charge in [-0.25, -0.2) is 0 Å². The summed E-state index contributed by atoms with van der Waals surface area (Å²) in [6.45, 7) is 7.19. The van der Waals surface area contributed by atoms with Gasteiger partial charge < -0.3 is 0 Å². The van der Waals surface area contributed by atoms with E-state index >= 15 is 0 Å². The Bertz CT molecular complexity index is 1040. The van der Waals surface area contributed by atoms with E-state index in [2.05, 4.69) is 36.7 Å². The van der Waals surface area contributed by atoms with Crippen LogP contribution in [-0.2, 0) is 51.4 Å². The maximum absolute atomic E-state index is 7.05. The molecule has 0 amide bonds. The van der Waals surface area contributed by atoms with Crippen LogP contribution in [0.3, 0.4) is 0 Å². The van der Waals surface area contributed by atoms with Crippen molar-refractivity contribution in [3.8, 4) is 0 Å². The molecule has 0 aliphatic heterocycles. The first-order valence-corrected chi connectivity index (χ1v) is 13.3. The van der Waals surface area contributed by atoms with Crippen molar-refractivity contribution in [1.82, 2.24) is 0 Å². The van der Waals surface area contributed by atoms with E-state index in [1.54, 1.807) is 44.5 Å². The molecule has 2 heteroatoms. The summed E-state index contributed by atoms with van der Waals surface area (Å²) in [5.41, 5.74) is 16.2. The third kappa shape index (κ3) is 2.70. The first-order chi connectivity index (χ1) is 14.5. The molecule has 2 aromatic carbocycles. The molecule has 158 valence electrons. The molecule has 4 aliphatic rings. The normalized spacial score (nSPS) is 23.8. The number of halogens is 2. The zero-order valence-electron chi connectivity index (χ0n) is 18.6. The molecule has 0 aromatic heterocycles. The molecule has 0 heterocycles. The summed E-state index contributed by atoms with van der Waals surface area (Å²) in [7, 11) is 0. The summed E-state index contributed by atoms with van der Waals surface area (Å²) in [5, 5.41) is 1.15. The average molecular weight is 484 g/mol. The van der Waals surface area contributed by atoms with E-state index in [4.69, 9.17) is 11.6 Å². The maximum atomic E-state index is 7.05. The van der Waals surface area contributed by atoms with Gasteiger partial charge in [-0.2, -0.15) is 0 Å². The largest absolute Gasteiger partial charge is 0.0837 e. The summed E-state index contributed by atoms with van der Waals surface area (Å²) < 4.78 is 1.47. The van der Waals surface area contributed by atoms with E-state index in [0.717, 1.165) is 16.9 Å². The van der Waals surface area contributed by atoms with Crippen molar-refractivity contribution in [3.63, 3.8) is 0 Å². The SMILES string of the molecule is Cc1c2c(c(Br)c3c1CC(C1Cc4c(Cl)c5c(c(C(C)C)c4C1)CCC5)C3)CCC2. The highest BCUT2D eigenvalue weighted by atomic mass is 79.9. The molecule has 0 radical (unpaired) electrons. The Morgan fingerprint density at radius 3 is 2.00 bits per heavy atom. The lowest BCUT2D eigenvalue weighted by molar-refractivity contribution is 0.359. The number of hydrogen-bond acceptors (Lipinski definition) is 0. The van der Waals surface area contributed by atoms with Gasteiger partial charge in [-0.1, -0.05) is 41.4 Å². The molecule has 0 saturated carbocycles. The van der Waals surface area contributed by atoms with Gasteiger partial charge >= 0.3 is 0 Å². The van der Waals surface area contributed by atoms with E-state index < -0.39 is 0 Å². The first-order valence-electron chi connectivity index (χ1n) is 12.1. The van der Waals surface area contributed by atoms with Crippen molar-refractivity contribution in [1.29, 1.82) is 0 Å². The smallest absolute Gasteiger partial charge is 0.0475 e. The second kappa shape index (κ2) is 7.11. The molecule has 4 aliphatic carbocycles. The summed E-state index contributed by atoms with van der Waals surface area (Å²) in [6.07, 6.45) is 12.6. The van der Waals surface area contributed by atoms with Crippen LogP contribution < -0.4 is 0 Å². The van der Waals surface area contributed by atoms with Crippen molar-refractivity contribution in [3.05, 3.63) is 65.1 Å². The summed E-state index contributed by atoms with van der Waals surface area (Å²) in [4.78, 5) is 0. The Hall–Kier alpha value is -0.790. The summed E-state index contributed by atoms with van der Waals surface area (Å²) in [6, 6.07) is 0. The fourth-order valence-corrected chi connectivity index (χ4v) is 8.80. The lowest BCUT2D eigenvalue weighted by Crippen LogP contribution is -2.16. The van der Waals surface area contributed by atoms with Crippen molar-refractivity contribution in [2.75, 3.05) is 0 Å². The Balaban J connectivity index is 1.36.